The van der Waals surface area contributed by atoms with Crippen LogP contribution in [0, 0.1) is 0 Å². The lowest BCUT2D eigenvalue weighted by Crippen LogP contribution is -2.37. The van der Waals surface area contributed by atoms with Crippen LogP contribution >= 0.6 is 11.6 Å². The van der Waals surface area contributed by atoms with Crippen LogP contribution in [-0.2, 0) is 11.3 Å². The van der Waals surface area contributed by atoms with Crippen LogP contribution in [0.2, 0.25) is 5.02 Å². The highest BCUT2D eigenvalue weighted by Crippen LogP contribution is 2.27. The van der Waals surface area contributed by atoms with Gasteiger partial charge in [0.2, 0.25) is 5.91 Å². The molecule has 0 saturated heterocycles. The van der Waals surface area contributed by atoms with Crippen molar-refractivity contribution in [1.82, 2.24) is 5.32 Å². The quantitative estimate of drug-likeness (QED) is 0.857. The predicted octanol–water partition coefficient (Wildman–Crippen LogP) is 3.47. The maximum atomic E-state index is 12.1. The molecule has 0 aliphatic carbocycles. The number of halogens is 1. The molecule has 2 N–H and O–H groups in total. The molecular formula is C17H19ClN2O2. The Labute approximate surface area is 135 Å². The van der Waals surface area contributed by atoms with Gasteiger partial charge in [0.25, 0.3) is 0 Å². The number of benzene rings is 2. The average Bonchev–Trinajstić information content (AvgIpc) is 2.53. The molecule has 0 aliphatic heterocycles. The van der Waals surface area contributed by atoms with Crippen LogP contribution in [0.1, 0.15) is 12.5 Å². The Morgan fingerprint density at radius 3 is 2.59 bits per heavy atom. The highest BCUT2D eigenvalue weighted by Gasteiger charge is 2.13. The lowest BCUT2D eigenvalue weighted by Gasteiger charge is -2.16. The first kappa shape index (κ1) is 16.2. The molecule has 0 spiro atoms. The van der Waals surface area contributed by atoms with Gasteiger partial charge in [-0.15, -0.1) is 0 Å². The minimum atomic E-state index is -0.367. The maximum Gasteiger partial charge on any atom is 0.242 e. The molecule has 0 radical (unpaired) electrons. The predicted molar refractivity (Wildman–Crippen MR) is 89.4 cm³/mol. The zero-order chi connectivity index (χ0) is 15.9. The largest absolute Gasteiger partial charge is 0.495 e. The van der Waals surface area contributed by atoms with Gasteiger partial charge < -0.3 is 15.4 Å². The van der Waals surface area contributed by atoms with Gasteiger partial charge in [-0.1, -0.05) is 41.9 Å². The average molecular weight is 319 g/mol. The summed E-state index contributed by atoms with van der Waals surface area (Å²) in [5.41, 5.74) is 1.84. The zero-order valence-electron chi connectivity index (χ0n) is 12.6. The number of hydrogen-bond acceptors (Lipinski definition) is 3. The molecule has 2 aromatic rings. The van der Waals surface area contributed by atoms with E-state index in [0.29, 0.717) is 17.3 Å². The Hall–Kier alpha value is -2.20. The molecule has 116 valence electrons. The minimum absolute atomic E-state index is 0.0733. The highest BCUT2D eigenvalue weighted by molar-refractivity contribution is 6.32. The van der Waals surface area contributed by atoms with E-state index in [0.717, 1.165) is 11.3 Å². The van der Waals surface area contributed by atoms with Gasteiger partial charge in [-0.25, -0.2) is 0 Å². The molecular weight excluding hydrogens is 300 g/mol. The summed E-state index contributed by atoms with van der Waals surface area (Å²) in [4.78, 5) is 12.1. The Kier molecular flexibility index (Phi) is 5.67. The standard InChI is InChI=1S/C17H19ClN2O2/c1-12(17(21)19-11-13-6-4-3-5-7-13)20-14-8-9-16(22-2)15(18)10-14/h3-10,12,20H,11H2,1-2H3,(H,19,21)/t12-/m1/s1. The Morgan fingerprint density at radius 1 is 1.23 bits per heavy atom. The van der Waals surface area contributed by atoms with Crippen molar-refractivity contribution < 1.29 is 9.53 Å². The van der Waals surface area contributed by atoms with Crippen molar-refractivity contribution in [2.45, 2.75) is 19.5 Å². The molecule has 2 rings (SSSR count). The molecule has 0 aromatic heterocycles. The second kappa shape index (κ2) is 7.71. The number of carbonyl (C=O) groups is 1. The van der Waals surface area contributed by atoms with Crippen molar-refractivity contribution in [3.63, 3.8) is 0 Å². The van der Waals surface area contributed by atoms with Crippen LogP contribution in [0.5, 0.6) is 5.75 Å². The molecule has 0 heterocycles. The SMILES string of the molecule is COc1ccc(N[C@H](C)C(=O)NCc2ccccc2)cc1Cl. The molecule has 2 aromatic carbocycles. The summed E-state index contributed by atoms with van der Waals surface area (Å²) in [6, 6.07) is 14.7. The van der Waals surface area contributed by atoms with Gasteiger partial charge in [0.05, 0.1) is 12.1 Å². The molecule has 0 aliphatic rings. The van der Waals surface area contributed by atoms with Gasteiger partial charge in [-0.3, -0.25) is 4.79 Å². The van der Waals surface area contributed by atoms with Crippen LogP contribution in [0.3, 0.4) is 0 Å². The van der Waals surface area contributed by atoms with Gasteiger partial charge in [0.15, 0.2) is 0 Å². The van der Waals surface area contributed by atoms with Crippen molar-refractivity contribution in [2.24, 2.45) is 0 Å². The van der Waals surface area contributed by atoms with Crippen LogP contribution in [0.4, 0.5) is 5.69 Å². The fourth-order valence-electron chi connectivity index (χ4n) is 2.01. The number of nitrogens with one attached hydrogen (secondary N) is 2. The molecule has 5 heteroatoms. The molecule has 0 fully saturated rings. The summed E-state index contributed by atoms with van der Waals surface area (Å²) in [7, 11) is 1.56. The summed E-state index contributed by atoms with van der Waals surface area (Å²) in [5, 5.41) is 6.52. The zero-order valence-corrected chi connectivity index (χ0v) is 13.4. The van der Waals surface area contributed by atoms with Crippen molar-refractivity contribution in [1.29, 1.82) is 0 Å². The van der Waals surface area contributed by atoms with Crippen molar-refractivity contribution >= 4 is 23.2 Å². The Morgan fingerprint density at radius 2 is 1.95 bits per heavy atom. The monoisotopic (exact) mass is 318 g/mol. The fourth-order valence-corrected chi connectivity index (χ4v) is 2.27. The number of methoxy groups -OCH3 is 1. The number of hydrogen-bond donors (Lipinski definition) is 2. The first-order valence-electron chi connectivity index (χ1n) is 7.02. The van der Waals surface area contributed by atoms with E-state index in [1.165, 1.54) is 0 Å². The first-order valence-corrected chi connectivity index (χ1v) is 7.39. The van der Waals surface area contributed by atoms with E-state index in [1.54, 1.807) is 26.2 Å². The number of carbonyl (C=O) groups excluding carboxylic acids is 1. The molecule has 0 bridgehead atoms. The van der Waals surface area contributed by atoms with Crippen LogP contribution in [0.25, 0.3) is 0 Å². The van der Waals surface area contributed by atoms with Gasteiger partial charge in [-0.05, 0) is 30.7 Å². The lowest BCUT2D eigenvalue weighted by atomic mass is 10.2. The maximum absolute atomic E-state index is 12.1. The van der Waals surface area contributed by atoms with Crippen LogP contribution in [0.15, 0.2) is 48.5 Å². The van der Waals surface area contributed by atoms with Crippen LogP contribution in [-0.4, -0.2) is 19.1 Å². The van der Waals surface area contributed by atoms with Gasteiger partial charge >= 0.3 is 0 Å². The van der Waals surface area contributed by atoms with Crippen LogP contribution < -0.4 is 15.4 Å². The second-order valence-corrected chi connectivity index (χ2v) is 5.33. The number of ether oxygens (including phenoxy) is 1. The van der Waals surface area contributed by atoms with E-state index in [1.807, 2.05) is 36.4 Å². The molecule has 0 unspecified atom stereocenters. The van der Waals surface area contributed by atoms with Gasteiger partial charge in [0, 0.05) is 12.2 Å². The lowest BCUT2D eigenvalue weighted by molar-refractivity contribution is -0.121. The van der Waals surface area contributed by atoms with E-state index in [2.05, 4.69) is 10.6 Å². The van der Waals surface area contributed by atoms with E-state index in [-0.39, 0.29) is 11.9 Å². The summed E-state index contributed by atoms with van der Waals surface area (Å²) in [6.07, 6.45) is 0. The second-order valence-electron chi connectivity index (χ2n) is 4.92. The highest BCUT2D eigenvalue weighted by atomic mass is 35.5. The molecule has 0 saturated carbocycles. The van der Waals surface area contributed by atoms with E-state index >= 15 is 0 Å². The van der Waals surface area contributed by atoms with E-state index in [4.69, 9.17) is 16.3 Å². The van der Waals surface area contributed by atoms with E-state index in [9.17, 15) is 4.79 Å². The number of rotatable bonds is 6. The van der Waals surface area contributed by atoms with Crippen molar-refractivity contribution in [3.05, 3.63) is 59.1 Å². The molecule has 1 atom stereocenters. The third-order valence-corrected chi connectivity index (χ3v) is 3.53. The van der Waals surface area contributed by atoms with E-state index < -0.39 is 0 Å². The molecule has 4 nitrogen and oxygen atoms in total. The normalized spacial score (nSPS) is 11.6. The minimum Gasteiger partial charge on any atom is -0.495 e. The Bertz CT molecular complexity index is 632. The third-order valence-electron chi connectivity index (χ3n) is 3.24. The van der Waals surface area contributed by atoms with Crippen molar-refractivity contribution in [2.75, 3.05) is 12.4 Å². The molecule has 1 amide bonds. The number of anilines is 1. The topological polar surface area (TPSA) is 50.4 Å². The van der Waals surface area contributed by atoms with Crippen molar-refractivity contribution in [3.8, 4) is 5.75 Å². The smallest absolute Gasteiger partial charge is 0.242 e. The first-order chi connectivity index (χ1) is 10.6. The fraction of sp³-hybridized carbons (Fsp3) is 0.235. The summed E-state index contributed by atoms with van der Waals surface area (Å²) in [5.74, 6) is 0.532. The summed E-state index contributed by atoms with van der Waals surface area (Å²) >= 11 is 6.07. The van der Waals surface area contributed by atoms with Gasteiger partial charge in [-0.2, -0.15) is 0 Å². The van der Waals surface area contributed by atoms with Gasteiger partial charge in [0.1, 0.15) is 11.8 Å². The Balaban J connectivity index is 1.89. The summed E-state index contributed by atoms with van der Waals surface area (Å²) in [6.45, 7) is 2.31. The molecule has 22 heavy (non-hydrogen) atoms. The number of amides is 1. The third kappa shape index (κ3) is 4.40. The summed E-state index contributed by atoms with van der Waals surface area (Å²) < 4.78 is 5.10.